The standard InChI is InChI=1S/C16H22O/c1-4-5-6-15-7-9-16(10-8-15)13-17-12-11-14(2)3/h1,7-10,14H,5-6,11-13H2,2-3H3. The highest BCUT2D eigenvalue weighted by molar-refractivity contribution is 5.22. The predicted octanol–water partition coefficient (Wildman–Crippen LogP) is 3.82. The van der Waals surface area contributed by atoms with Crippen molar-refractivity contribution in [1.29, 1.82) is 0 Å². The first-order chi connectivity index (χ1) is 8.22. The van der Waals surface area contributed by atoms with Crippen LogP contribution in [0.2, 0.25) is 0 Å². The van der Waals surface area contributed by atoms with Gasteiger partial charge in [0.05, 0.1) is 6.61 Å². The molecule has 0 heterocycles. The van der Waals surface area contributed by atoms with Crippen LogP contribution >= 0.6 is 0 Å². The summed E-state index contributed by atoms with van der Waals surface area (Å²) in [5.74, 6) is 3.37. The van der Waals surface area contributed by atoms with Crippen LogP contribution in [0.25, 0.3) is 0 Å². The topological polar surface area (TPSA) is 9.23 Å². The van der Waals surface area contributed by atoms with Crippen molar-refractivity contribution in [3.8, 4) is 12.3 Å². The first-order valence-corrected chi connectivity index (χ1v) is 6.31. The fraction of sp³-hybridized carbons (Fsp3) is 0.500. The van der Waals surface area contributed by atoms with Crippen LogP contribution in [0, 0.1) is 18.3 Å². The van der Waals surface area contributed by atoms with Crippen LogP contribution < -0.4 is 0 Å². The Labute approximate surface area is 105 Å². The van der Waals surface area contributed by atoms with E-state index in [0.717, 1.165) is 25.9 Å². The summed E-state index contributed by atoms with van der Waals surface area (Å²) in [5, 5.41) is 0. The average molecular weight is 230 g/mol. The van der Waals surface area contributed by atoms with E-state index < -0.39 is 0 Å². The molecule has 1 rings (SSSR count). The van der Waals surface area contributed by atoms with Crippen molar-refractivity contribution in [1.82, 2.24) is 0 Å². The molecule has 0 saturated heterocycles. The van der Waals surface area contributed by atoms with Gasteiger partial charge in [0.1, 0.15) is 0 Å². The molecule has 1 nitrogen and oxygen atoms in total. The fourth-order valence-corrected chi connectivity index (χ4v) is 1.53. The molecule has 0 spiro atoms. The van der Waals surface area contributed by atoms with Crippen molar-refractivity contribution in [3.63, 3.8) is 0 Å². The second-order valence-corrected chi connectivity index (χ2v) is 4.76. The quantitative estimate of drug-likeness (QED) is 0.511. The minimum absolute atomic E-state index is 0.709. The summed E-state index contributed by atoms with van der Waals surface area (Å²) < 4.78 is 5.62. The van der Waals surface area contributed by atoms with E-state index in [-0.39, 0.29) is 0 Å². The normalized spacial score (nSPS) is 10.5. The molecule has 0 atom stereocenters. The van der Waals surface area contributed by atoms with Gasteiger partial charge in [-0.3, -0.25) is 0 Å². The Morgan fingerprint density at radius 1 is 1.18 bits per heavy atom. The molecule has 1 aromatic carbocycles. The Kier molecular flexibility index (Phi) is 6.43. The number of terminal acetylenes is 1. The van der Waals surface area contributed by atoms with Crippen molar-refractivity contribution in [2.75, 3.05) is 6.61 Å². The summed E-state index contributed by atoms with van der Waals surface area (Å²) >= 11 is 0. The van der Waals surface area contributed by atoms with Crippen LogP contribution in [-0.4, -0.2) is 6.61 Å². The average Bonchev–Trinajstić information content (AvgIpc) is 2.33. The van der Waals surface area contributed by atoms with E-state index in [0.29, 0.717) is 12.5 Å². The molecule has 0 N–H and O–H groups in total. The van der Waals surface area contributed by atoms with E-state index in [9.17, 15) is 0 Å². The molecule has 0 aliphatic rings. The van der Waals surface area contributed by atoms with Gasteiger partial charge < -0.3 is 4.74 Å². The van der Waals surface area contributed by atoms with Gasteiger partial charge in [0.25, 0.3) is 0 Å². The van der Waals surface area contributed by atoms with Crippen molar-refractivity contribution in [3.05, 3.63) is 35.4 Å². The molecular formula is C16H22O. The number of hydrogen-bond acceptors (Lipinski definition) is 1. The van der Waals surface area contributed by atoms with E-state index in [1.807, 2.05) is 0 Å². The van der Waals surface area contributed by atoms with E-state index in [1.54, 1.807) is 0 Å². The zero-order chi connectivity index (χ0) is 12.5. The molecule has 1 heteroatoms. The van der Waals surface area contributed by atoms with Crippen molar-refractivity contribution < 1.29 is 4.74 Å². The fourth-order valence-electron chi connectivity index (χ4n) is 1.53. The molecule has 92 valence electrons. The molecule has 0 saturated carbocycles. The Morgan fingerprint density at radius 2 is 1.82 bits per heavy atom. The van der Waals surface area contributed by atoms with Crippen LogP contribution in [0.5, 0.6) is 0 Å². The molecular weight excluding hydrogens is 208 g/mol. The summed E-state index contributed by atoms with van der Waals surface area (Å²) in [6.45, 7) is 5.98. The molecule has 0 aliphatic heterocycles. The molecule has 17 heavy (non-hydrogen) atoms. The second kappa shape index (κ2) is 7.92. The zero-order valence-electron chi connectivity index (χ0n) is 10.9. The maximum Gasteiger partial charge on any atom is 0.0716 e. The van der Waals surface area contributed by atoms with E-state index in [2.05, 4.69) is 44.0 Å². The highest BCUT2D eigenvalue weighted by Crippen LogP contribution is 2.08. The Balaban J connectivity index is 2.28. The van der Waals surface area contributed by atoms with Gasteiger partial charge in [-0.15, -0.1) is 12.3 Å². The summed E-state index contributed by atoms with van der Waals surface area (Å²) in [6, 6.07) is 8.53. The number of rotatable bonds is 7. The maximum absolute atomic E-state index is 5.62. The zero-order valence-corrected chi connectivity index (χ0v) is 10.9. The summed E-state index contributed by atoms with van der Waals surface area (Å²) in [7, 11) is 0. The van der Waals surface area contributed by atoms with Gasteiger partial charge >= 0.3 is 0 Å². The smallest absolute Gasteiger partial charge is 0.0716 e. The van der Waals surface area contributed by atoms with Gasteiger partial charge in [-0.1, -0.05) is 38.1 Å². The molecule has 0 fully saturated rings. The van der Waals surface area contributed by atoms with Crippen molar-refractivity contribution in [2.24, 2.45) is 5.92 Å². The third-order valence-corrected chi connectivity index (χ3v) is 2.69. The summed E-state index contributed by atoms with van der Waals surface area (Å²) in [6.07, 6.45) is 8.14. The van der Waals surface area contributed by atoms with Crippen LogP contribution in [0.1, 0.15) is 37.8 Å². The molecule has 0 radical (unpaired) electrons. The molecule has 0 amide bonds. The highest BCUT2D eigenvalue weighted by atomic mass is 16.5. The first-order valence-electron chi connectivity index (χ1n) is 6.31. The molecule has 0 aromatic heterocycles. The molecule has 0 unspecified atom stereocenters. The van der Waals surface area contributed by atoms with Crippen molar-refractivity contribution in [2.45, 2.75) is 39.7 Å². The van der Waals surface area contributed by atoms with E-state index in [1.165, 1.54) is 11.1 Å². The highest BCUT2D eigenvalue weighted by Gasteiger charge is 1.97. The number of hydrogen-bond donors (Lipinski definition) is 0. The van der Waals surface area contributed by atoms with Crippen molar-refractivity contribution >= 4 is 0 Å². The second-order valence-electron chi connectivity index (χ2n) is 4.76. The maximum atomic E-state index is 5.62. The Morgan fingerprint density at radius 3 is 2.41 bits per heavy atom. The SMILES string of the molecule is C#CCCc1ccc(COCCC(C)C)cc1. The summed E-state index contributed by atoms with van der Waals surface area (Å²) in [4.78, 5) is 0. The van der Waals surface area contributed by atoms with Gasteiger partial charge in [-0.05, 0) is 29.9 Å². The number of aryl methyl sites for hydroxylation is 1. The molecule has 1 aromatic rings. The minimum Gasteiger partial charge on any atom is -0.377 e. The number of benzene rings is 1. The lowest BCUT2D eigenvalue weighted by Gasteiger charge is -2.07. The van der Waals surface area contributed by atoms with E-state index >= 15 is 0 Å². The predicted molar refractivity (Wildman–Crippen MR) is 72.7 cm³/mol. The third kappa shape index (κ3) is 6.14. The van der Waals surface area contributed by atoms with E-state index in [4.69, 9.17) is 11.2 Å². The van der Waals surface area contributed by atoms with Crippen LogP contribution in [0.4, 0.5) is 0 Å². The molecule has 0 aliphatic carbocycles. The van der Waals surface area contributed by atoms with Gasteiger partial charge in [0.2, 0.25) is 0 Å². The largest absolute Gasteiger partial charge is 0.377 e. The van der Waals surface area contributed by atoms with Gasteiger partial charge in [0.15, 0.2) is 0 Å². The van der Waals surface area contributed by atoms with Gasteiger partial charge in [-0.2, -0.15) is 0 Å². The monoisotopic (exact) mass is 230 g/mol. The van der Waals surface area contributed by atoms with Gasteiger partial charge in [0, 0.05) is 13.0 Å². The first kappa shape index (κ1) is 13.8. The van der Waals surface area contributed by atoms with Crippen LogP contribution in [0.3, 0.4) is 0 Å². The molecule has 0 bridgehead atoms. The Hall–Kier alpha value is -1.26. The lowest BCUT2D eigenvalue weighted by atomic mass is 10.1. The third-order valence-electron chi connectivity index (χ3n) is 2.69. The lowest BCUT2D eigenvalue weighted by molar-refractivity contribution is 0.110. The van der Waals surface area contributed by atoms with Gasteiger partial charge in [-0.25, -0.2) is 0 Å². The lowest BCUT2D eigenvalue weighted by Crippen LogP contribution is -1.99. The number of ether oxygens (including phenoxy) is 1. The van der Waals surface area contributed by atoms with Crippen LogP contribution in [0.15, 0.2) is 24.3 Å². The van der Waals surface area contributed by atoms with Crippen LogP contribution in [-0.2, 0) is 17.8 Å². The Bertz CT molecular complexity index is 343. The summed E-state index contributed by atoms with van der Waals surface area (Å²) in [5.41, 5.74) is 2.53. The minimum atomic E-state index is 0.709.